The molecule has 0 unspecified atom stereocenters. The molecule has 0 aliphatic heterocycles. The number of benzene rings is 1. The lowest BCUT2D eigenvalue weighted by Gasteiger charge is -2.17. The van der Waals surface area contributed by atoms with Crippen LogP contribution in [-0.2, 0) is 4.79 Å². The molecule has 1 aromatic carbocycles. The summed E-state index contributed by atoms with van der Waals surface area (Å²) in [4.78, 5) is 28.4. The number of para-hydroxylation sites is 1. The van der Waals surface area contributed by atoms with Crippen molar-refractivity contribution in [2.24, 2.45) is 11.7 Å². The molecule has 176 valence electrons. The van der Waals surface area contributed by atoms with Crippen molar-refractivity contribution in [1.29, 1.82) is 0 Å². The second-order valence-corrected chi connectivity index (χ2v) is 8.90. The Bertz CT molecular complexity index is 1230. The molecule has 2 aliphatic carbocycles. The molecule has 5 rings (SSSR count). The number of nitrogens with zero attached hydrogens (tertiary/aromatic N) is 3. The number of nitrogens with one attached hydrogen (secondary N) is 2. The van der Waals surface area contributed by atoms with Crippen molar-refractivity contribution in [2.45, 2.75) is 44.6 Å². The highest BCUT2D eigenvalue weighted by Crippen LogP contribution is 2.39. The third-order valence-electron chi connectivity index (χ3n) is 6.47. The molecule has 2 amide bonds. The van der Waals surface area contributed by atoms with Crippen molar-refractivity contribution in [2.75, 3.05) is 17.7 Å². The molecule has 0 atom stereocenters. The third-order valence-corrected chi connectivity index (χ3v) is 6.47. The van der Waals surface area contributed by atoms with E-state index < -0.39 is 5.91 Å². The highest BCUT2D eigenvalue weighted by Gasteiger charge is 2.30. The normalized spacial score (nSPS) is 15.8. The van der Waals surface area contributed by atoms with Crippen LogP contribution in [0.5, 0.6) is 5.75 Å². The Kier molecular flexibility index (Phi) is 5.91. The standard InChI is InChI=1S/C25H28N6O3/c1-34-23-18(16-12-28-31(14-16)17-5-2-3-6-17)7-4-8-20(23)29-21-11-22(27-13-19(21)24(26)32)30-25(33)15-9-10-15/h4,7-8,11-15,17H,2-3,5-6,9-10H2,1H3,(H2,26,32)(H2,27,29,30,33). The van der Waals surface area contributed by atoms with Gasteiger partial charge in [-0.1, -0.05) is 25.0 Å². The first kappa shape index (κ1) is 21.9. The smallest absolute Gasteiger partial charge is 0.252 e. The number of rotatable bonds is 8. The molecule has 0 radical (unpaired) electrons. The Labute approximate surface area is 197 Å². The van der Waals surface area contributed by atoms with E-state index in [1.807, 2.05) is 29.1 Å². The zero-order valence-corrected chi connectivity index (χ0v) is 19.1. The summed E-state index contributed by atoms with van der Waals surface area (Å²) in [6, 6.07) is 7.80. The zero-order chi connectivity index (χ0) is 23.7. The Balaban J connectivity index is 1.46. The number of pyridine rings is 1. The maximum absolute atomic E-state index is 12.2. The summed E-state index contributed by atoms with van der Waals surface area (Å²) in [5, 5.41) is 10.7. The zero-order valence-electron chi connectivity index (χ0n) is 19.1. The van der Waals surface area contributed by atoms with Crippen molar-refractivity contribution in [3.63, 3.8) is 0 Å². The topological polar surface area (TPSA) is 124 Å². The van der Waals surface area contributed by atoms with Crippen LogP contribution >= 0.6 is 0 Å². The van der Waals surface area contributed by atoms with E-state index in [4.69, 9.17) is 10.5 Å². The minimum Gasteiger partial charge on any atom is -0.494 e. The van der Waals surface area contributed by atoms with Crippen LogP contribution in [-0.4, -0.2) is 33.7 Å². The number of nitrogens with two attached hydrogens (primary N) is 1. The summed E-state index contributed by atoms with van der Waals surface area (Å²) in [5.74, 6) is 0.324. The number of hydrogen-bond donors (Lipinski definition) is 3. The molecule has 4 N–H and O–H groups in total. The van der Waals surface area contributed by atoms with E-state index in [0.29, 0.717) is 29.0 Å². The van der Waals surface area contributed by atoms with E-state index in [1.54, 1.807) is 13.2 Å². The van der Waals surface area contributed by atoms with E-state index >= 15 is 0 Å². The second kappa shape index (κ2) is 9.17. The first-order valence-electron chi connectivity index (χ1n) is 11.6. The van der Waals surface area contributed by atoms with Gasteiger partial charge in [-0.15, -0.1) is 0 Å². The Morgan fingerprint density at radius 1 is 1.12 bits per heavy atom. The fraction of sp³-hybridized carbons (Fsp3) is 0.360. The Morgan fingerprint density at radius 3 is 2.62 bits per heavy atom. The van der Waals surface area contributed by atoms with Gasteiger partial charge >= 0.3 is 0 Å². The molecule has 2 aliphatic rings. The molecular formula is C25H28N6O3. The maximum atomic E-state index is 12.2. The third kappa shape index (κ3) is 4.46. The summed E-state index contributed by atoms with van der Waals surface area (Å²) in [6.45, 7) is 0. The van der Waals surface area contributed by atoms with Crippen molar-refractivity contribution in [1.82, 2.24) is 14.8 Å². The number of amides is 2. The van der Waals surface area contributed by atoms with Crippen molar-refractivity contribution >= 4 is 29.0 Å². The lowest BCUT2D eigenvalue weighted by molar-refractivity contribution is -0.117. The van der Waals surface area contributed by atoms with Crippen molar-refractivity contribution < 1.29 is 14.3 Å². The van der Waals surface area contributed by atoms with Gasteiger partial charge in [0.2, 0.25) is 5.91 Å². The van der Waals surface area contributed by atoms with Crippen LogP contribution in [0.2, 0.25) is 0 Å². The molecule has 2 saturated carbocycles. The second-order valence-electron chi connectivity index (χ2n) is 8.90. The summed E-state index contributed by atoms with van der Waals surface area (Å²) in [5.41, 5.74) is 8.72. The van der Waals surface area contributed by atoms with Crippen LogP contribution in [0.15, 0.2) is 42.9 Å². The summed E-state index contributed by atoms with van der Waals surface area (Å²) in [7, 11) is 1.61. The fourth-order valence-corrected chi connectivity index (χ4v) is 4.47. The first-order valence-corrected chi connectivity index (χ1v) is 11.6. The predicted octanol–water partition coefficient (Wildman–Crippen LogP) is 4.26. The van der Waals surface area contributed by atoms with Gasteiger partial charge in [0.25, 0.3) is 5.91 Å². The number of ether oxygens (including phenoxy) is 1. The minimum atomic E-state index is -0.622. The molecular weight excluding hydrogens is 432 g/mol. The van der Waals surface area contributed by atoms with Crippen LogP contribution in [0.25, 0.3) is 11.1 Å². The van der Waals surface area contributed by atoms with Gasteiger partial charge < -0.3 is 21.1 Å². The Morgan fingerprint density at radius 2 is 1.91 bits per heavy atom. The van der Waals surface area contributed by atoms with Crippen LogP contribution < -0.4 is 21.1 Å². The van der Waals surface area contributed by atoms with Crippen molar-refractivity contribution in [3.05, 3.63) is 48.4 Å². The number of carbonyl (C=O) groups is 2. The Hall–Kier alpha value is -3.88. The first-order chi connectivity index (χ1) is 16.5. The van der Waals surface area contributed by atoms with Crippen LogP contribution in [0.1, 0.15) is 54.9 Å². The molecule has 9 heteroatoms. The van der Waals surface area contributed by atoms with Gasteiger partial charge in [0.1, 0.15) is 11.6 Å². The quantitative estimate of drug-likeness (QED) is 0.461. The van der Waals surface area contributed by atoms with Crippen LogP contribution in [0.4, 0.5) is 17.2 Å². The molecule has 0 spiro atoms. The molecule has 9 nitrogen and oxygen atoms in total. The number of anilines is 3. The minimum absolute atomic E-state index is 0.0379. The predicted molar refractivity (Wildman–Crippen MR) is 129 cm³/mol. The van der Waals surface area contributed by atoms with Gasteiger partial charge in [0, 0.05) is 35.5 Å². The maximum Gasteiger partial charge on any atom is 0.252 e. The van der Waals surface area contributed by atoms with Crippen LogP contribution in [0, 0.1) is 5.92 Å². The van der Waals surface area contributed by atoms with E-state index in [-0.39, 0.29) is 17.4 Å². The lowest BCUT2D eigenvalue weighted by atomic mass is 10.1. The van der Waals surface area contributed by atoms with Crippen molar-refractivity contribution in [3.8, 4) is 16.9 Å². The average Bonchev–Trinajstić information content (AvgIpc) is 3.32. The molecule has 3 aromatic rings. The van der Waals surface area contributed by atoms with Gasteiger partial charge in [0.15, 0.2) is 0 Å². The lowest BCUT2D eigenvalue weighted by Crippen LogP contribution is -2.17. The number of methoxy groups -OCH3 is 1. The monoisotopic (exact) mass is 460 g/mol. The fourth-order valence-electron chi connectivity index (χ4n) is 4.47. The highest BCUT2D eigenvalue weighted by atomic mass is 16.5. The van der Waals surface area contributed by atoms with Gasteiger partial charge in [-0.3, -0.25) is 14.3 Å². The van der Waals surface area contributed by atoms with E-state index in [2.05, 4.69) is 26.9 Å². The van der Waals surface area contributed by atoms with E-state index in [9.17, 15) is 9.59 Å². The summed E-state index contributed by atoms with van der Waals surface area (Å²) in [6.07, 6.45) is 11.8. The highest BCUT2D eigenvalue weighted by molar-refractivity contribution is 6.01. The van der Waals surface area contributed by atoms with Gasteiger partial charge in [-0.05, 0) is 31.7 Å². The van der Waals surface area contributed by atoms with E-state index in [0.717, 1.165) is 36.8 Å². The molecule has 2 heterocycles. The number of hydrogen-bond acceptors (Lipinski definition) is 6. The van der Waals surface area contributed by atoms with E-state index in [1.165, 1.54) is 19.0 Å². The number of primary amides is 1. The van der Waals surface area contributed by atoms with Gasteiger partial charge in [0.05, 0.1) is 36.3 Å². The molecule has 0 bridgehead atoms. The molecule has 2 fully saturated rings. The molecule has 34 heavy (non-hydrogen) atoms. The van der Waals surface area contributed by atoms with Crippen LogP contribution in [0.3, 0.4) is 0 Å². The number of carbonyl (C=O) groups excluding carboxylic acids is 2. The van der Waals surface area contributed by atoms with Gasteiger partial charge in [-0.25, -0.2) is 4.98 Å². The SMILES string of the molecule is COc1c(Nc2cc(NC(=O)C3CC3)ncc2C(N)=O)cccc1-c1cnn(C2CCCC2)c1. The largest absolute Gasteiger partial charge is 0.494 e. The molecule has 0 saturated heterocycles. The average molecular weight is 461 g/mol. The summed E-state index contributed by atoms with van der Waals surface area (Å²) >= 11 is 0. The number of aromatic nitrogens is 3. The molecule has 2 aromatic heterocycles. The van der Waals surface area contributed by atoms with Gasteiger partial charge in [-0.2, -0.15) is 5.10 Å². The summed E-state index contributed by atoms with van der Waals surface area (Å²) < 4.78 is 7.82.